The molecule has 1 N–H and O–H groups in total. The van der Waals surface area contributed by atoms with E-state index in [9.17, 15) is 4.79 Å². The molecular weight excluding hydrogens is 288 g/mol. The van der Waals surface area contributed by atoms with E-state index in [2.05, 4.69) is 19.7 Å². The summed E-state index contributed by atoms with van der Waals surface area (Å²) >= 11 is 1.24. The van der Waals surface area contributed by atoms with E-state index in [-0.39, 0.29) is 5.75 Å². The second-order valence-corrected chi connectivity index (χ2v) is 5.95. The standard InChI is InChI=1S/C14H16N4O2S/c19-13(20)9-21-14-17-16-12(18(14)11-5-6-11)7-4-10-3-1-2-8-15-10/h1-3,8,11H,4-7,9H2,(H,19,20). The van der Waals surface area contributed by atoms with Crippen LogP contribution in [0.25, 0.3) is 0 Å². The molecule has 0 spiro atoms. The third-order valence-electron chi connectivity index (χ3n) is 3.30. The first-order chi connectivity index (χ1) is 10.2. The molecule has 2 heterocycles. The SMILES string of the molecule is O=C(O)CSc1nnc(CCc2ccccn2)n1C1CC1. The van der Waals surface area contributed by atoms with Crippen LogP contribution in [-0.4, -0.2) is 36.6 Å². The van der Waals surface area contributed by atoms with Crippen LogP contribution in [0, 0.1) is 0 Å². The Bertz CT molecular complexity index is 625. The third kappa shape index (κ3) is 3.60. The predicted octanol–water partition coefficient (Wildman–Crippen LogP) is 1.97. The van der Waals surface area contributed by atoms with Crippen LogP contribution >= 0.6 is 11.8 Å². The smallest absolute Gasteiger partial charge is 0.313 e. The number of aryl methyl sites for hydroxylation is 2. The van der Waals surface area contributed by atoms with Gasteiger partial charge in [0.15, 0.2) is 5.16 Å². The summed E-state index contributed by atoms with van der Waals surface area (Å²) in [6.45, 7) is 0. The molecular formula is C14H16N4O2S. The highest BCUT2D eigenvalue weighted by Crippen LogP contribution is 2.38. The summed E-state index contributed by atoms with van der Waals surface area (Å²) in [5.74, 6) is 0.113. The highest BCUT2D eigenvalue weighted by molar-refractivity contribution is 7.99. The Morgan fingerprint density at radius 1 is 1.33 bits per heavy atom. The maximum atomic E-state index is 10.7. The van der Waals surface area contributed by atoms with Gasteiger partial charge in [-0.2, -0.15) is 0 Å². The number of hydrogen-bond donors (Lipinski definition) is 1. The Hall–Kier alpha value is -1.89. The van der Waals surface area contributed by atoms with Crippen LogP contribution in [0.2, 0.25) is 0 Å². The van der Waals surface area contributed by atoms with Gasteiger partial charge in [-0.15, -0.1) is 10.2 Å². The highest BCUT2D eigenvalue weighted by atomic mass is 32.2. The lowest BCUT2D eigenvalue weighted by Gasteiger charge is -2.07. The molecule has 0 atom stereocenters. The van der Waals surface area contributed by atoms with Crippen molar-refractivity contribution in [3.8, 4) is 0 Å². The zero-order valence-electron chi connectivity index (χ0n) is 11.5. The van der Waals surface area contributed by atoms with Crippen molar-refractivity contribution >= 4 is 17.7 Å². The Morgan fingerprint density at radius 2 is 2.19 bits per heavy atom. The minimum absolute atomic E-state index is 0.0189. The number of aromatic nitrogens is 4. The number of carboxylic acid groups (broad SMARTS) is 1. The van der Waals surface area contributed by atoms with Crippen LogP contribution in [0.3, 0.4) is 0 Å². The lowest BCUT2D eigenvalue weighted by atomic mass is 10.2. The van der Waals surface area contributed by atoms with Crippen molar-refractivity contribution in [1.29, 1.82) is 0 Å². The fourth-order valence-corrected chi connectivity index (χ4v) is 2.93. The van der Waals surface area contributed by atoms with E-state index in [1.54, 1.807) is 6.20 Å². The van der Waals surface area contributed by atoms with Gasteiger partial charge in [0, 0.05) is 24.4 Å². The molecule has 2 aromatic rings. The van der Waals surface area contributed by atoms with Crippen molar-refractivity contribution in [3.05, 3.63) is 35.9 Å². The molecule has 1 fully saturated rings. The molecule has 0 aromatic carbocycles. The summed E-state index contributed by atoms with van der Waals surface area (Å²) in [4.78, 5) is 15.0. The van der Waals surface area contributed by atoms with Gasteiger partial charge in [-0.1, -0.05) is 17.8 Å². The number of nitrogens with zero attached hydrogens (tertiary/aromatic N) is 4. The number of carboxylic acids is 1. The Labute approximate surface area is 126 Å². The zero-order valence-corrected chi connectivity index (χ0v) is 12.3. The highest BCUT2D eigenvalue weighted by Gasteiger charge is 2.29. The second kappa shape index (κ2) is 6.26. The molecule has 2 aromatic heterocycles. The number of pyridine rings is 1. The second-order valence-electron chi connectivity index (χ2n) is 5.00. The number of carbonyl (C=O) groups is 1. The molecule has 0 bridgehead atoms. The van der Waals surface area contributed by atoms with Gasteiger partial charge in [0.1, 0.15) is 5.82 Å². The van der Waals surface area contributed by atoms with Gasteiger partial charge in [0.05, 0.1) is 5.75 Å². The normalized spacial score (nSPS) is 14.3. The average molecular weight is 304 g/mol. The average Bonchev–Trinajstić information content (AvgIpc) is 3.25. The van der Waals surface area contributed by atoms with Crippen molar-refractivity contribution in [2.75, 3.05) is 5.75 Å². The number of rotatable bonds is 7. The molecule has 7 heteroatoms. The topological polar surface area (TPSA) is 80.9 Å². The largest absolute Gasteiger partial charge is 0.481 e. The van der Waals surface area contributed by atoms with E-state index in [1.807, 2.05) is 18.2 Å². The van der Waals surface area contributed by atoms with Crippen LogP contribution in [0.1, 0.15) is 30.4 Å². The molecule has 0 saturated heterocycles. The monoisotopic (exact) mass is 304 g/mol. The van der Waals surface area contributed by atoms with Crippen molar-refractivity contribution in [2.45, 2.75) is 36.9 Å². The Balaban J connectivity index is 1.71. The number of hydrogen-bond acceptors (Lipinski definition) is 5. The van der Waals surface area contributed by atoms with E-state index >= 15 is 0 Å². The minimum Gasteiger partial charge on any atom is -0.481 e. The lowest BCUT2D eigenvalue weighted by molar-refractivity contribution is -0.133. The number of thioether (sulfide) groups is 1. The first-order valence-electron chi connectivity index (χ1n) is 6.92. The molecule has 110 valence electrons. The van der Waals surface area contributed by atoms with Gasteiger partial charge >= 0.3 is 5.97 Å². The van der Waals surface area contributed by atoms with Crippen LogP contribution in [-0.2, 0) is 17.6 Å². The van der Waals surface area contributed by atoms with Crippen LogP contribution in [0.15, 0.2) is 29.6 Å². The Kier molecular flexibility index (Phi) is 4.19. The fraction of sp³-hybridized carbons (Fsp3) is 0.429. The van der Waals surface area contributed by atoms with Crippen molar-refractivity contribution in [1.82, 2.24) is 19.7 Å². The van der Waals surface area contributed by atoms with E-state index in [4.69, 9.17) is 5.11 Å². The van der Waals surface area contributed by atoms with Crippen molar-refractivity contribution in [3.63, 3.8) is 0 Å². The van der Waals surface area contributed by atoms with Gasteiger partial charge in [0.25, 0.3) is 0 Å². The predicted molar refractivity (Wildman–Crippen MR) is 78.3 cm³/mol. The van der Waals surface area contributed by atoms with E-state index in [1.165, 1.54) is 11.8 Å². The summed E-state index contributed by atoms with van der Waals surface area (Å²) in [5.41, 5.74) is 1.03. The summed E-state index contributed by atoms with van der Waals surface area (Å²) < 4.78 is 2.11. The molecule has 6 nitrogen and oxygen atoms in total. The Morgan fingerprint density at radius 3 is 2.86 bits per heavy atom. The first kappa shape index (κ1) is 14.1. The molecule has 0 amide bonds. The maximum Gasteiger partial charge on any atom is 0.313 e. The van der Waals surface area contributed by atoms with Crippen LogP contribution in [0.4, 0.5) is 0 Å². The number of aliphatic carboxylic acids is 1. The van der Waals surface area contributed by atoms with Crippen molar-refractivity contribution in [2.24, 2.45) is 0 Å². The molecule has 1 saturated carbocycles. The summed E-state index contributed by atoms with van der Waals surface area (Å²) in [7, 11) is 0. The molecule has 3 rings (SSSR count). The quantitative estimate of drug-likeness (QED) is 0.788. The van der Waals surface area contributed by atoms with Gasteiger partial charge in [-0.05, 0) is 31.4 Å². The summed E-state index contributed by atoms with van der Waals surface area (Å²) in [6, 6.07) is 6.31. The lowest BCUT2D eigenvalue weighted by Crippen LogP contribution is -2.06. The molecule has 1 aliphatic carbocycles. The third-order valence-corrected chi connectivity index (χ3v) is 4.23. The minimum atomic E-state index is -0.833. The van der Waals surface area contributed by atoms with Crippen molar-refractivity contribution < 1.29 is 9.90 Å². The maximum absolute atomic E-state index is 10.7. The zero-order chi connectivity index (χ0) is 14.7. The van der Waals surface area contributed by atoms with E-state index < -0.39 is 5.97 Å². The molecule has 21 heavy (non-hydrogen) atoms. The van der Waals surface area contributed by atoms with Crippen LogP contribution < -0.4 is 0 Å². The van der Waals surface area contributed by atoms with E-state index in [0.29, 0.717) is 6.04 Å². The molecule has 0 radical (unpaired) electrons. The molecule has 1 aliphatic rings. The van der Waals surface area contributed by atoms with Gasteiger partial charge < -0.3 is 9.67 Å². The van der Waals surface area contributed by atoms with Crippen LogP contribution in [0.5, 0.6) is 0 Å². The summed E-state index contributed by atoms with van der Waals surface area (Å²) in [6.07, 6.45) is 5.61. The van der Waals surface area contributed by atoms with Gasteiger partial charge in [0.2, 0.25) is 0 Å². The van der Waals surface area contributed by atoms with Gasteiger partial charge in [-0.25, -0.2) is 0 Å². The molecule has 0 aliphatic heterocycles. The molecule has 0 unspecified atom stereocenters. The van der Waals surface area contributed by atoms with Gasteiger partial charge in [-0.3, -0.25) is 9.78 Å². The fourth-order valence-electron chi connectivity index (χ4n) is 2.19. The first-order valence-corrected chi connectivity index (χ1v) is 7.91. The van der Waals surface area contributed by atoms with E-state index in [0.717, 1.165) is 42.4 Å². The summed E-state index contributed by atoms with van der Waals surface area (Å²) in [5, 5.41) is 17.9.